The monoisotopic (exact) mass is 271 g/mol. The highest BCUT2D eigenvalue weighted by molar-refractivity contribution is 5.78. The molecule has 0 aromatic carbocycles. The normalized spacial score (nSPS) is 19.9. The second kappa shape index (κ2) is 9.28. The fourth-order valence-electron chi connectivity index (χ4n) is 2.58. The largest absolute Gasteiger partial charge is 0.395 e. The predicted molar refractivity (Wildman–Crippen MR) is 77.1 cm³/mol. The van der Waals surface area contributed by atoms with Gasteiger partial charge in [-0.25, -0.2) is 0 Å². The molecular weight excluding hydrogens is 242 g/mol. The molecule has 1 rings (SSSR count). The molecule has 1 unspecified atom stereocenters. The molecule has 1 aliphatic heterocycles. The zero-order valence-corrected chi connectivity index (χ0v) is 12.4. The van der Waals surface area contributed by atoms with Crippen molar-refractivity contribution in [2.24, 2.45) is 0 Å². The van der Waals surface area contributed by atoms with Crippen LogP contribution in [0.15, 0.2) is 0 Å². The lowest BCUT2D eigenvalue weighted by molar-refractivity contribution is -0.122. The molecule has 1 saturated heterocycles. The van der Waals surface area contributed by atoms with Gasteiger partial charge >= 0.3 is 0 Å². The molecule has 19 heavy (non-hydrogen) atoms. The third-order valence-corrected chi connectivity index (χ3v) is 3.59. The topological polar surface area (TPSA) is 55.8 Å². The quantitative estimate of drug-likeness (QED) is 0.699. The summed E-state index contributed by atoms with van der Waals surface area (Å²) in [6.45, 7) is 9.50. The highest BCUT2D eigenvalue weighted by Crippen LogP contribution is 2.03. The van der Waals surface area contributed by atoms with E-state index in [0.717, 1.165) is 52.0 Å². The summed E-state index contributed by atoms with van der Waals surface area (Å²) in [7, 11) is 0. The maximum absolute atomic E-state index is 11.9. The molecule has 5 nitrogen and oxygen atoms in total. The number of carbonyl (C=O) groups is 1. The van der Waals surface area contributed by atoms with Crippen LogP contribution in [0, 0.1) is 0 Å². The van der Waals surface area contributed by atoms with Gasteiger partial charge in [0, 0.05) is 25.7 Å². The molecule has 0 radical (unpaired) electrons. The van der Waals surface area contributed by atoms with Gasteiger partial charge in [-0.1, -0.05) is 13.3 Å². The van der Waals surface area contributed by atoms with Gasteiger partial charge in [-0.15, -0.1) is 0 Å². The Morgan fingerprint density at radius 2 is 1.95 bits per heavy atom. The lowest BCUT2D eigenvalue weighted by Crippen LogP contribution is -2.42. The SMILES string of the molecule is CCCC(C)NC(=O)CN1CCCN(CCO)CC1. The first-order valence-corrected chi connectivity index (χ1v) is 7.50. The molecule has 112 valence electrons. The fourth-order valence-corrected chi connectivity index (χ4v) is 2.58. The summed E-state index contributed by atoms with van der Waals surface area (Å²) in [6, 6.07) is 0.273. The van der Waals surface area contributed by atoms with Crippen LogP contribution in [0.4, 0.5) is 0 Å². The van der Waals surface area contributed by atoms with Gasteiger partial charge in [0.2, 0.25) is 5.91 Å². The number of rotatable bonds is 7. The zero-order valence-electron chi connectivity index (χ0n) is 12.4. The van der Waals surface area contributed by atoms with E-state index in [-0.39, 0.29) is 18.6 Å². The van der Waals surface area contributed by atoms with Crippen molar-refractivity contribution in [2.45, 2.75) is 39.2 Å². The number of nitrogens with one attached hydrogen (secondary N) is 1. The summed E-state index contributed by atoms with van der Waals surface area (Å²) >= 11 is 0. The first-order chi connectivity index (χ1) is 9.15. The number of β-amino-alcohol motifs (C(OH)–C–C–N with tert-alkyl or cyclic N) is 1. The van der Waals surface area contributed by atoms with E-state index in [1.165, 1.54) is 0 Å². The second-order valence-electron chi connectivity index (χ2n) is 5.45. The Hall–Kier alpha value is -0.650. The van der Waals surface area contributed by atoms with E-state index < -0.39 is 0 Å². The van der Waals surface area contributed by atoms with Crippen molar-refractivity contribution >= 4 is 5.91 Å². The van der Waals surface area contributed by atoms with E-state index >= 15 is 0 Å². The summed E-state index contributed by atoms with van der Waals surface area (Å²) in [5, 5.41) is 12.0. The summed E-state index contributed by atoms with van der Waals surface area (Å²) in [4.78, 5) is 16.4. The minimum atomic E-state index is 0.136. The number of carbonyl (C=O) groups excluding carboxylic acids is 1. The highest BCUT2D eigenvalue weighted by Gasteiger charge is 2.17. The first-order valence-electron chi connectivity index (χ1n) is 7.50. The maximum Gasteiger partial charge on any atom is 0.234 e. The van der Waals surface area contributed by atoms with E-state index in [2.05, 4.69) is 29.0 Å². The Morgan fingerprint density at radius 1 is 1.26 bits per heavy atom. The molecule has 1 amide bonds. The van der Waals surface area contributed by atoms with E-state index in [1.807, 2.05) is 0 Å². The molecule has 5 heteroatoms. The third-order valence-electron chi connectivity index (χ3n) is 3.59. The van der Waals surface area contributed by atoms with Gasteiger partial charge in [0.1, 0.15) is 0 Å². The van der Waals surface area contributed by atoms with E-state index in [4.69, 9.17) is 5.11 Å². The number of aliphatic hydroxyl groups excluding tert-OH is 1. The second-order valence-corrected chi connectivity index (χ2v) is 5.45. The van der Waals surface area contributed by atoms with Crippen LogP contribution in [-0.4, -0.2) is 72.7 Å². The van der Waals surface area contributed by atoms with Gasteiger partial charge < -0.3 is 10.4 Å². The van der Waals surface area contributed by atoms with E-state index in [0.29, 0.717) is 6.54 Å². The third kappa shape index (κ3) is 6.89. The Morgan fingerprint density at radius 3 is 2.63 bits per heavy atom. The minimum absolute atomic E-state index is 0.136. The average molecular weight is 271 g/mol. The van der Waals surface area contributed by atoms with Gasteiger partial charge in [0.25, 0.3) is 0 Å². The lowest BCUT2D eigenvalue weighted by atomic mass is 10.2. The molecular formula is C14H29N3O2. The number of nitrogens with zero attached hydrogens (tertiary/aromatic N) is 2. The predicted octanol–water partition coefficient (Wildman–Crippen LogP) is 0.291. The zero-order chi connectivity index (χ0) is 14.1. The van der Waals surface area contributed by atoms with Crippen molar-refractivity contribution in [3.63, 3.8) is 0 Å². The van der Waals surface area contributed by atoms with Crippen molar-refractivity contribution in [1.82, 2.24) is 15.1 Å². The van der Waals surface area contributed by atoms with Crippen molar-refractivity contribution in [2.75, 3.05) is 45.9 Å². The van der Waals surface area contributed by atoms with Crippen LogP contribution < -0.4 is 5.32 Å². The number of amides is 1. The number of aliphatic hydroxyl groups is 1. The van der Waals surface area contributed by atoms with Gasteiger partial charge in [-0.05, 0) is 32.9 Å². The van der Waals surface area contributed by atoms with Crippen LogP contribution in [0.3, 0.4) is 0 Å². The van der Waals surface area contributed by atoms with Crippen molar-refractivity contribution in [3.05, 3.63) is 0 Å². The van der Waals surface area contributed by atoms with Crippen LogP contribution >= 0.6 is 0 Å². The molecule has 0 bridgehead atoms. The van der Waals surface area contributed by atoms with E-state index in [9.17, 15) is 4.79 Å². The van der Waals surface area contributed by atoms with Crippen LogP contribution in [-0.2, 0) is 4.79 Å². The van der Waals surface area contributed by atoms with Crippen molar-refractivity contribution in [3.8, 4) is 0 Å². The van der Waals surface area contributed by atoms with Gasteiger partial charge in [0.15, 0.2) is 0 Å². The van der Waals surface area contributed by atoms with Crippen LogP contribution in [0.1, 0.15) is 33.1 Å². The molecule has 0 aromatic heterocycles. The van der Waals surface area contributed by atoms with Crippen LogP contribution in [0.5, 0.6) is 0 Å². The molecule has 1 aliphatic rings. The summed E-state index contributed by atoms with van der Waals surface area (Å²) in [6.07, 6.45) is 3.20. The van der Waals surface area contributed by atoms with Gasteiger partial charge in [0.05, 0.1) is 13.2 Å². The van der Waals surface area contributed by atoms with E-state index in [1.54, 1.807) is 0 Å². The molecule has 0 spiro atoms. The van der Waals surface area contributed by atoms with Crippen LogP contribution in [0.25, 0.3) is 0 Å². The molecule has 1 heterocycles. The van der Waals surface area contributed by atoms with Crippen molar-refractivity contribution < 1.29 is 9.90 Å². The minimum Gasteiger partial charge on any atom is -0.395 e. The molecule has 2 N–H and O–H groups in total. The molecule has 1 atom stereocenters. The van der Waals surface area contributed by atoms with Crippen LogP contribution in [0.2, 0.25) is 0 Å². The Labute approximate surface area is 117 Å². The Balaban J connectivity index is 2.26. The fraction of sp³-hybridized carbons (Fsp3) is 0.929. The highest BCUT2D eigenvalue weighted by atomic mass is 16.3. The summed E-state index contributed by atoms with van der Waals surface area (Å²) in [5.41, 5.74) is 0. The lowest BCUT2D eigenvalue weighted by Gasteiger charge is -2.21. The first kappa shape index (κ1) is 16.4. The van der Waals surface area contributed by atoms with Crippen molar-refractivity contribution in [1.29, 1.82) is 0 Å². The van der Waals surface area contributed by atoms with Gasteiger partial charge in [-0.3, -0.25) is 14.6 Å². The molecule has 0 aliphatic carbocycles. The summed E-state index contributed by atoms with van der Waals surface area (Å²) in [5.74, 6) is 0.136. The maximum atomic E-state index is 11.9. The summed E-state index contributed by atoms with van der Waals surface area (Å²) < 4.78 is 0. The molecule has 0 aromatic rings. The molecule has 1 fully saturated rings. The number of hydrogen-bond donors (Lipinski definition) is 2. The Kier molecular flexibility index (Phi) is 8.02. The average Bonchev–Trinajstić information content (AvgIpc) is 2.55. The Bertz CT molecular complexity index is 261. The smallest absolute Gasteiger partial charge is 0.234 e. The van der Waals surface area contributed by atoms with Gasteiger partial charge in [-0.2, -0.15) is 0 Å². The standard InChI is InChI=1S/C14H29N3O2/c1-3-5-13(2)15-14(19)12-17-7-4-6-16(8-9-17)10-11-18/h13,18H,3-12H2,1-2H3,(H,15,19). The molecule has 0 saturated carbocycles. The number of hydrogen-bond acceptors (Lipinski definition) is 4.